The highest BCUT2D eigenvalue weighted by atomic mass is 16.3. The lowest BCUT2D eigenvalue weighted by Crippen LogP contribution is -2.48. The van der Waals surface area contributed by atoms with Crippen LogP contribution in [0.15, 0.2) is 67.5 Å². The van der Waals surface area contributed by atoms with Crippen molar-refractivity contribution in [3.8, 4) is 0 Å². The fourth-order valence-corrected chi connectivity index (χ4v) is 5.02. The summed E-state index contributed by atoms with van der Waals surface area (Å²) in [5.74, 6) is 0. The van der Waals surface area contributed by atoms with Crippen LogP contribution in [-0.2, 0) is 12.0 Å². The fourth-order valence-electron chi connectivity index (χ4n) is 5.02. The van der Waals surface area contributed by atoms with E-state index >= 15 is 0 Å². The number of pyridine rings is 1. The minimum absolute atomic E-state index is 0.0476. The molecule has 1 saturated heterocycles. The maximum absolute atomic E-state index is 11.5. The number of likely N-dealkylation sites (tertiary alicyclic amines) is 1. The monoisotopic (exact) mass is 360 g/mol. The smallest absolute Gasteiger partial charge is 0.0952 e. The van der Waals surface area contributed by atoms with Gasteiger partial charge in [-0.3, -0.25) is 9.88 Å². The van der Waals surface area contributed by atoms with E-state index in [0.29, 0.717) is 0 Å². The zero-order chi connectivity index (χ0) is 18.3. The number of hydrogen-bond donors (Lipinski definition) is 1. The van der Waals surface area contributed by atoms with Gasteiger partial charge >= 0.3 is 0 Å². The highest BCUT2D eigenvalue weighted by Crippen LogP contribution is 2.52. The summed E-state index contributed by atoms with van der Waals surface area (Å²) in [5, 5.41) is 11.5. The lowest BCUT2D eigenvalue weighted by atomic mass is 9.72. The molecule has 1 spiro atoms. The van der Waals surface area contributed by atoms with Gasteiger partial charge in [-0.15, -0.1) is 0 Å². The Bertz CT molecular complexity index is 901. The zero-order valence-corrected chi connectivity index (χ0v) is 15.3. The average molecular weight is 360 g/mol. The molecule has 0 radical (unpaired) electrons. The Labute approximate surface area is 159 Å². The van der Waals surface area contributed by atoms with Gasteiger partial charge in [-0.2, -0.15) is 0 Å². The minimum atomic E-state index is -0.426. The molecule has 138 valence electrons. The standard InChI is InChI=1S/C22H24N4O/c27-21-20(26-13-10-24-16-26)18-5-1-2-6-19(18)22(21)7-11-25(12-8-22)15-17-4-3-9-23-14-17/h1-6,9-10,13-14,16,20-21,27H,7-8,11-12,15H2/t20-,21+/m1/s1. The highest BCUT2D eigenvalue weighted by molar-refractivity contribution is 5.46. The first-order chi connectivity index (χ1) is 13.3. The number of aliphatic hydroxyl groups excluding tert-OH is 1. The summed E-state index contributed by atoms with van der Waals surface area (Å²) in [4.78, 5) is 10.9. The summed E-state index contributed by atoms with van der Waals surface area (Å²) in [5.41, 5.74) is 3.63. The average Bonchev–Trinajstić information content (AvgIpc) is 3.31. The van der Waals surface area contributed by atoms with Crippen LogP contribution in [0.25, 0.3) is 0 Å². The van der Waals surface area contributed by atoms with Crippen LogP contribution in [0.1, 0.15) is 35.6 Å². The quantitative estimate of drug-likeness (QED) is 0.780. The molecule has 5 heteroatoms. The number of imidazole rings is 1. The molecule has 2 aromatic heterocycles. The Morgan fingerprint density at radius 2 is 1.89 bits per heavy atom. The van der Waals surface area contributed by atoms with Crippen molar-refractivity contribution in [3.05, 3.63) is 84.2 Å². The Balaban J connectivity index is 1.42. The van der Waals surface area contributed by atoms with Crippen LogP contribution in [0.3, 0.4) is 0 Å². The summed E-state index contributed by atoms with van der Waals surface area (Å²) >= 11 is 0. The lowest BCUT2D eigenvalue weighted by Gasteiger charge is -2.43. The number of hydrogen-bond acceptors (Lipinski definition) is 4. The number of nitrogens with zero attached hydrogens (tertiary/aromatic N) is 4. The van der Waals surface area contributed by atoms with Gasteiger partial charge in [-0.25, -0.2) is 4.98 Å². The van der Waals surface area contributed by atoms with Crippen LogP contribution >= 0.6 is 0 Å². The lowest BCUT2D eigenvalue weighted by molar-refractivity contribution is 0.0205. The molecule has 27 heavy (non-hydrogen) atoms. The summed E-state index contributed by atoms with van der Waals surface area (Å²) in [6.45, 7) is 2.89. The Hall–Kier alpha value is -2.50. The number of fused-ring (bicyclic) bond motifs is 2. The molecule has 1 aromatic carbocycles. The molecule has 0 unspecified atom stereocenters. The molecule has 2 aliphatic rings. The van der Waals surface area contributed by atoms with E-state index in [-0.39, 0.29) is 11.5 Å². The topological polar surface area (TPSA) is 54.2 Å². The predicted molar refractivity (Wildman–Crippen MR) is 103 cm³/mol. The Kier molecular flexibility index (Phi) is 4.06. The third-order valence-electron chi connectivity index (χ3n) is 6.40. The molecular formula is C22H24N4O. The summed E-state index contributed by atoms with van der Waals surface area (Å²) < 4.78 is 2.06. The van der Waals surface area contributed by atoms with Gasteiger partial charge in [0.2, 0.25) is 0 Å². The van der Waals surface area contributed by atoms with E-state index in [1.807, 2.05) is 31.0 Å². The second-order valence-corrected chi connectivity index (χ2v) is 7.78. The van der Waals surface area contributed by atoms with Gasteiger partial charge in [0.25, 0.3) is 0 Å². The van der Waals surface area contributed by atoms with E-state index in [1.54, 1.807) is 6.20 Å². The molecule has 3 aromatic rings. The van der Waals surface area contributed by atoms with Crippen LogP contribution in [0, 0.1) is 0 Å². The van der Waals surface area contributed by atoms with Crippen LogP contribution in [-0.4, -0.2) is 43.7 Å². The van der Waals surface area contributed by atoms with Crippen LogP contribution in [0.4, 0.5) is 0 Å². The van der Waals surface area contributed by atoms with Crippen molar-refractivity contribution in [3.63, 3.8) is 0 Å². The molecule has 0 amide bonds. The molecular weight excluding hydrogens is 336 g/mol. The molecule has 0 saturated carbocycles. The van der Waals surface area contributed by atoms with E-state index in [4.69, 9.17) is 0 Å². The van der Waals surface area contributed by atoms with Gasteiger partial charge in [0, 0.05) is 36.7 Å². The number of aliphatic hydroxyl groups is 1. The highest BCUT2D eigenvalue weighted by Gasteiger charge is 2.52. The number of benzene rings is 1. The minimum Gasteiger partial charge on any atom is -0.390 e. The van der Waals surface area contributed by atoms with Gasteiger partial charge in [-0.1, -0.05) is 30.3 Å². The van der Waals surface area contributed by atoms with Gasteiger partial charge in [0.15, 0.2) is 0 Å². The molecule has 5 rings (SSSR count). The van der Waals surface area contributed by atoms with Gasteiger partial charge in [0.1, 0.15) is 0 Å². The van der Waals surface area contributed by atoms with Gasteiger partial charge in [-0.05, 0) is 48.7 Å². The first kappa shape index (κ1) is 16.7. The Morgan fingerprint density at radius 3 is 2.63 bits per heavy atom. The third kappa shape index (κ3) is 2.69. The van der Waals surface area contributed by atoms with E-state index in [1.165, 1.54) is 16.7 Å². The molecule has 1 aliphatic heterocycles. The van der Waals surface area contributed by atoms with E-state index < -0.39 is 6.10 Å². The first-order valence-electron chi connectivity index (χ1n) is 9.64. The zero-order valence-electron chi connectivity index (χ0n) is 15.3. The van der Waals surface area contributed by atoms with Crippen molar-refractivity contribution >= 4 is 0 Å². The van der Waals surface area contributed by atoms with E-state index in [2.05, 4.69) is 49.8 Å². The molecule has 1 N–H and O–H groups in total. The van der Waals surface area contributed by atoms with Crippen molar-refractivity contribution in [1.29, 1.82) is 0 Å². The van der Waals surface area contributed by atoms with Crippen LogP contribution in [0.2, 0.25) is 0 Å². The summed E-state index contributed by atoms with van der Waals surface area (Å²) in [6.07, 6.45) is 10.8. The van der Waals surface area contributed by atoms with Gasteiger partial charge < -0.3 is 9.67 Å². The van der Waals surface area contributed by atoms with Crippen molar-refractivity contribution in [2.45, 2.75) is 36.9 Å². The van der Waals surface area contributed by atoms with Crippen LogP contribution in [0.5, 0.6) is 0 Å². The van der Waals surface area contributed by atoms with Crippen molar-refractivity contribution in [1.82, 2.24) is 19.4 Å². The molecule has 2 atom stereocenters. The van der Waals surface area contributed by atoms with Crippen LogP contribution < -0.4 is 0 Å². The Morgan fingerprint density at radius 1 is 1.04 bits per heavy atom. The number of piperidine rings is 1. The molecule has 3 heterocycles. The van der Waals surface area contributed by atoms with E-state index in [9.17, 15) is 5.11 Å². The summed E-state index contributed by atoms with van der Waals surface area (Å²) in [7, 11) is 0. The molecule has 5 nitrogen and oxygen atoms in total. The fraction of sp³-hybridized carbons (Fsp3) is 0.364. The second-order valence-electron chi connectivity index (χ2n) is 7.78. The third-order valence-corrected chi connectivity index (χ3v) is 6.40. The maximum atomic E-state index is 11.5. The number of rotatable bonds is 3. The van der Waals surface area contributed by atoms with Gasteiger partial charge in [0.05, 0.1) is 18.5 Å². The molecule has 1 fully saturated rings. The maximum Gasteiger partial charge on any atom is 0.0952 e. The predicted octanol–water partition coefficient (Wildman–Crippen LogP) is 2.78. The largest absolute Gasteiger partial charge is 0.390 e. The van der Waals surface area contributed by atoms with E-state index in [0.717, 1.165) is 32.5 Å². The SMILES string of the molecule is O[C@H]1[C@H](n2ccnc2)c2ccccc2C12CCN(Cc1cccnc1)CC2. The molecule has 0 bridgehead atoms. The normalized spacial score (nSPS) is 24.2. The number of aromatic nitrogens is 3. The van der Waals surface area contributed by atoms with Crippen molar-refractivity contribution in [2.75, 3.05) is 13.1 Å². The summed E-state index contributed by atoms with van der Waals surface area (Å²) in [6, 6.07) is 12.6. The van der Waals surface area contributed by atoms with Crippen molar-refractivity contribution in [2.24, 2.45) is 0 Å². The second kappa shape index (κ2) is 6.59. The van der Waals surface area contributed by atoms with Crippen molar-refractivity contribution < 1.29 is 5.11 Å². The first-order valence-corrected chi connectivity index (χ1v) is 9.64. The molecule has 1 aliphatic carbocycles.